The van der Waals surface area contributed by atoms with Crippen molar-refractivity contribution in [2.75, 3.05) is 6.54 Å². The number of carbonyl (C=O) groups excluding carboxylic acids is 1. The van der Waals surface area contributed by atoms with Crippen LogP contribution in [0.15, 0.2) is 53.1 Å². The second kappa shape index (κ2) is 6.99. The van der Waals surface area contributed by atoms with E-state index in [1.165, 1.54) is 11.1 Å². The Bertz CT molecular complexity index is 965. The van der Waals surface area contributed by atoms with Crippen LogP contribution in [0, 0.1) is 13.8 Å². The average Bonchev–Trinajstić information content (AvgIpc) is 3.31. The normalized spacial score (nSPS) is 18.1. The molecule has 2 atom stereocenters. The van der Waals surface area contributed by atoms with Crippen molar-refractivity contribution in [3.63, 3.8) is 0 Å². The highest BCUT2D eigenvalue weighted by Gasteiger charge is 2.37. The van der Waals surface area contributed by atoms with Gasteiger partial charge in [0.25, 0.3) is 0 Å². The first-order valence-electron chi connectivity index (χ1n) is 9.28. The van der Waals surface area contributed by atoms with Crippen LogP contribution in [0.1, 0.15) is 47.9 Å². The molecule has 0 saturated carbocycles. The van der Waals surface area contributed by atoms with Gasteiger partial charge in [0.1, 0.15) is 0 Å². The highest BCUT2D eigenvalue weighted by Crippen LogP contribution is 2.34. The summed E-state index contributed by atoms with van der Waals surface area (Å²) in [5, 5.41) is 4.14. The molecule has 0 bridgehead atoms. The predicted octanol–water partition coefficient (Wildman–Crippen LogP) is 4.43. The van der Waals surface area contributed by atoms with Gasteiger partial charge in [0.05, 0.1) is 12.0 Å². The molecule has 1 aliphatic heterocycles. The molecule has 1 aromatic heterocycles. The van der Waals surface area contributed by atoms with Crippen LogP contribution in [-0.2, 0) is 4.79 Å². The van der Waals surface area contributed by atoms with Gasteiger partial charge in [-0.05, 0) is 43.5 Å². The molecule has 5 nitrogen and oxygen atoms in total. The highest BCUT2D eigenvalue weighted by molar-refractivity contribution is 5.80. The maximum atomic E-state index is 12.6. The van der Waals surface area contributed by atoms with Gasteiger partial charge in [-0.15, -0.1) is 0 Å². The third-order valence-electron chi connectivity index (χ3n) is 5.46. The number of hydrogen-bond acceptors (Lipinski definition) is 4. The Kier molecular flexibility index (Phi) is 4.52. The van der Waals surface area contributed by atoms with Crippen molar-refractivity contribution < 1.29 is 9.32 Å². The van der Waals surface area contributed by atoms with Crippen molar-refractivity contribution in [2.24, 2.45) is 0 Å². The molecule has 1 amide bonds. The fourth-order valence-electron chi connectivity index (χ4n) is 3.58. The monoisotopic (exact) mass is 361 g/mol. The molecule has 138 valence electrons. The van der Waals surface area contributed by atoms with E-state index in [9.17, 15) is 4.79 Å². The zero-order valence-corrected chi connectivity index (χ0v) is 15.8. The van der Waals surface area contributed by atoms with Gasteiger partial charge < -0.3 is 9.42 Å². The first-order chi connectivity index (χ1) is 13.0. The Labute approximate surface area is 159 Å². The van der Waals surface area contributed by atoms with E-state index < -0.39 is 0 Å². The minimum atomic E-state index is -0.0588. The smallest absolute Gasteiger partial charge is 0.232 e. The molecule has 2 aromatic carbocycles. The molecule has 0 spiro atoms. The molecule has 0 N–H and O–H groups in total. The quantitative estimate of drug-likeness (QED) is 0.690. The molecule has 1 aliphatic rings. The fourth-order valence-corrected chi connectivity index (χ4v) is 3.58. The van der Waals surface area contributed by atoms with Gasteiger partial charge in [-0.3, -0.25) is 4.79 Å². The van der Waals surface area contributed by atoms with Crippen LogP contribution in [0.3, 0.4) is 0 Å². The summed E-state index contributed by atoms with van der Waals surface area (Å²) in [5.74, 6) is 1.19. The summed E-state index contributed by atoms with van der Waals surface area (Å²) in [7, 11) is 0. The number of amides is 1. The van der Waals surface area contributed by atoms with Crippen molar-refractivity contribution >= 4 is 5.91 Å². The van der Waals surface area contributed by atoms with E-state index in [1.807, 2.05) is 29.2 Å². The number of nitrogens with zero attached hydrogens (tertiary/aromatic N) is 3. The average molecular weight is 361 g/mol. The second-order valence-corrected chi connectivity index (χ2v) is 7.29. The number of hydrogen-bond donors (Lipinski definition) is 0. The Morgan fingerprint density at radius 2 is 1.89 bits per heavy atom. The van der Waals surface area contributed by atoms with E-state index in [1.54, 1.807) is 0 Å². The van der Waals surface area contributed by atoms with E-state index in [0.29, 0.717) is 24.7 Å². The topological polar surface area (TPSA) is 59.2 Å². The van der Waals surface area contributed by atoms with Gasteiger partial charge in [0.2, 0.25) is 17.6 Å². The molecule has 1 fully saturated rings. The number of carbonyl (C=O) groups is 1. The predicted molar refractivity (Wildman–Crippen MR) is 103 cm³/mol. The largest absolute Gasteiger partial charge is 0.339 e. The van der Waals surface area contributed by atoms with Gasteiger partial charge >= 0.3 is 0 Å². The standard InChI is InChI=1S/C22H23N3O2/c1-14-9-10-18(11-15(14)2)21-23-22(27-24-21)19-12-20(26)25(13-19)16(3)17-7-5-4-6-8-17/h4-11,16,19H,12-13H2,1-3H3. The lowest BCUT2D eigenvalue weighted by atomic mass is 10.1. The molecular formula is C22H23N3O2. The SMILES string of the molecule is Cc1ccc(-c2noc(C3CC(=O)N(C(C)c4ccccc4)C3)n2)cc1C. The number of likely N-dealkylation sites (tertiary alicyclic amines) is 1. The van der Waals surface area contributed by atoms with Crippen molar-refractivity contribution in [1.82, 2.24) is 15.0 Å². The van der Waals surface area contributed by atoms with Crippen LogP contribution >= 0.6 is 0 Å². The molecule has 0 aliphatic carbocycles. The summed E-state index contributed by atoms with van der Waals surface area (Å²) in [6.45, 7) is 6.80. The second-order valence-electron chi connectivity index (χ2n) is 7.29. The van der Waals surface area contributed by atoms with Crippen LogP contribution in [0.5, 0.6) is 0 Å². The highest BCUT2D eigenvalue weighted by atomic mass is 16.5. The zero-order chi connectivity index (χ0) is 19.0. The summed E-state index contributed by atoms with van der Waals surface area (Å²) in [6.07, 6.45) is 0.408. The Hall–Kier alpha value is -2.95. The van der Waals surface area contributed by atoms with E-state index in [0.717, 1.165) is 11.1 Å². The van der Waals surface area contributed by atoms with Gasteiger partial charge in [-0.25, -0.2) is 0 Å². The third kappa shape index (κ3) is 3.37. The summed E-state index contributed by atoms with van der Waals surface area (Å²) in [6, 6.07) is 16.2. The fraction of sp³-hybridized carbons (Fsp3) is 0.318. The molecule has 1 saturated heterocycles. The molecule has 3 aromatic rings. The van der Waals surface area contributed by atoms with Crippen LogP contribution in [-0.4, -0.2) is 27.5 Å². The van der Waals surface area contributed by atoms with E-state index in [2.05, 4.69) is 55.2 Å². The minimum absolute atomic E-state index is 0.0332. The molecule has 4 rings (SSSR count). The van der Waals surface area contributed by atoms with Gasteiger partial charge in [0, 0.05) is 18.5 Å². The first-order valence-corrected chi connectivity index (χ1v) is 9.28. The van der Waals surface area contributed by atoms with Gasteiger partial charge in [-0.1, -0.05) is 47.6 Å². The van der Waals surface area contributed by atoms with Crippen LogP contribution in [0.2, 0.25) is 0 Å². The lowest BCUT2D eigenvalue weighted by Gasteiger charge is -2.24. The number of rotatable bonds is 4. The Morgan fingerprint density at radius 3 is 2.63 bits per heavy atom. The molecule has 2 heterocycles. The molecule has 0 radical (unpaired) electrons. The Morgan fingerprint density at radius 1 is 1.11 bits per heavy atom. The number of aryl methyl sites for hydroxylation is 2. The van der Waals surface area contributed by atoms with Gasteiger partial charge in [0.15, 0.2) is 0 Å². The first kappa shape index (κ1) is 17.5. The van der Waals surface area contributed by atoms with Crippen molar-refractivity contribution in [3.8, 4) is 11.4 Å². The van der Waals surface area contributed by atoms with E-state index >= 15 is 0 Å². The van der Waals surface area contributed by atoms with E-state index in [4.69, 9.17) is 4.52 Å². The minimum Gasteiger partial charge on any atom is -0.339 e. The number of benzene rings is 2. The van der Waals surface area contributed by atoms with E-state index in [-0.39, 0.29) is 17.9 Å². The van der Waals surface area contributed by atoms with Crippen LogP contribution in [0.25, 0.3) is 11.4 Å². The lowest BCUT2D eigenvalue weighted by molar-refractivity contribution is -0.129. The van der Waals surface area contributed by atoms with Crippen LogP contribution in [0.4, 0.5) is 0 Å². The van der Waals surface area contributed by atoms with Crippen molar-refractivity contribution in [3.05, 3.63) is 71.1 Å². The number of aromatic nitrogens is 2. The Balaban J connectivity index is 1.53. The van der Waals surface area contributed by atoms with Crippen molar-refractivity contribution in [2.45, 2.75) is 39.2 Å². The van der Waals surface area contributed by atoms with Crippen molar-refractivity contribution in [1.29, 1.82) is 0 Å². The summed E-state index contributed by atoms with van der Waals surface area (Å²) >= 11 is 0. The molecule has 2 unspecified atom stereocenters. The molecule has 5 heteroatoms. The maximum Gasteiger partial charge on any atom is 0.232 e. The zero-order valence-electron chi connectivity index (χ0n) is 15.8. The third-order valence-corrected chi connectivity index (χ3v) is 5.46. The molecule has 27 heavy (non-hydrogen) atoms. The van der Waals surface area contributed by atoms with Crippen LogP contribution < -0.4 is 0 Å². The summed E-state index contributed by atoms with van der Waals surface area (Å²) < 4.78 is 5.52. The summed E-state index contributed by atoms with van der Waals surface area (Å²) in [4.78, 5) is 19.0. The van der Waals surface area contributed by atoms with Gasteiger partial charge in [-0.2, -0.15) is 4.98 Å². The maximum absolute atomic E-state index is 12.6. The summed E-state index contributed by atoms with van der Waals surface area (Å²) in [5.41, 5.74) is 4.49. The lowest BCUT2D eigenvalue weighted by Crippen LogP contribution is -2.28. The molecular weight excluding hydrogens is 338 g/mol.